The number of ether oxygens (including phenoxy) is 1. The summed E-state index contributed by atoms with van der Waals surface area (Å²) < 4.78 is 5.58. The highest BCUT2D eigenvalue weighted by Gasteiger charge is 2.05. The molecule has 4 nitrogen and oxygen atoms in total. The van der Waals surface area contributed by atoms with Gasteiger partial charge in [0.2, 0.25) is 0 Å². The Morgan fingerprint density at radius 2 is 2.05 bits per heavy atom. The predicted octanol–water partition coefficient (Wildman–Crippen LogP) is 3.25. The molecule has 0 amide bonds. The first-order valence-corrected chi connectivity index (χ1v) is 6.19. The zero-order chi connectivity index (χ0) is 13.8. The molecule has 0 aliphatic carbocycles. The number of nitrogen functional groups attached to an aromatic ring is 1. The molecule has 2 rings (SSSR count). The molecule has 0 unspecified atom stereocenters. The molecule has 0 saturated heterocycles. The van der Waals surface area contributed by atoms with Crippen LogP contribution in [0.3, 0.4) is 0 Å². The minimum atomic E-state index is -0.0809. The summed E-state index contributed by atoms with van der Waals surface area (Å²) in [7, 11) is 0. The van der Waals surface area contributed by atoms with Crippen molar-refractivity contribution in [1.82, 2.24) is 4.98 Å². The fourth-order valence-corrected chi connectivity index (χ4v) is 1.79. The Balaban J connectivity index is 2.12. The molecule has 1 aromatic heterocycles. The van der Waals surface area contributed by atoms with Gasteiger partial charge >= 0.3 is 0 Å². The van der Waals surface area contributed by atoms with Crippen molar-refractivity contribution in [2.75, 3.05) is 0 Å². The second kappa shape index (κ2) is 5.91. The number of nitrogens with zero attached hydrogens (tertiary/aromatic N) is 1. The molecule has 1 aromatic carbocycles. The largest absolute Gasteiger partial charge is 0.487 e. The SMILES string of the molecule is N=C(N)c1cc(COc2cc(Cl)ccc2Cl)ccn1. The topological polar surface area (TPSA) is 72.0 Å². The van der Waals surface area contributed by atoms with E-state index in [0.29, 0.717) is 28.1 Å². The van der Waals surface area contributed by atoms with E-state index in [1.165, 1.54) is 0 Å². The van der Waals surface area contributed by atoms with Gasteiger partial charge in [0.1, 0.15) is 23.9 Å². The maximum atomic E-state index is 7.33. The van der Waals surface area contributed by atoms with Crippen molar-refractivity contribution >= 4 is 29.0 Å². The van der Waals surface area contributed by atoms with E-state index in [9.17, 15) is 0 Å². The zero-order valence-corrected chi connectivity index (χ0v) is 11.4. The van der Waals surface area contributed by atoms with Gasteiger partial charge in [-0.3, -0.25) is 10.4 Å². The molecule has 0 saturated carbocycles. The summed E-state index contributed by atoms with van der Waals surface area (Å²) in [6, 6.07) is 8.49. The van der Waals surface area contributed by atoms with Crippen LogP contribution in [0, 0.1) is 5.41 Å². The maximum Gasteiger partial charge on any atom is 0.141 e. The Kier molecular flexibility index (Phi) is 4.24. The summed E-state index contributed by atoms with van der Waals surface area (Å²) in [5, 5.41) is 8.37. The van der Waals surface area contributed by atoms with Crippen LogP contribution in [0.1, 0.15) is 11.3 Å². The molecular weight excluding hydrogens is 285 g/mol. The molecule has 0 spiro atoms. The molecule has 1 heterocycles. The van der Waals surface area contributed by atoms with Gasteiger partial charge in [0.15, 0.2) is 0 Å². The average molecular weight is 296 g/mol. The number of amidine groups is 1. The van der Waals surface area contributed by atoms with Crippen LogP contribution in [0.25, 0.3) is 0 Å². The van der Waals surface area contributed by atoms with E-state index < -0.39 is 0 Å². The van der Waals surface area contributed by atoms with Crippen LogP contribution in [0.4, 0.5) is 0 Å². The molecule has 19 heavy (non-hydrogen) atoms. The standard InChI is InChI=1S/C13H11Cl2N3O/c14-9-1-2-10(15)12(6-9)19-7-8-3-4-18-11(5-8)13(16)17/h1-6H,7H2,(H3,16,17). The molecule has 2 aromatic rings. The molecule has 0 aliphatic rings. The van der Waals surface area contributed by atoms with E-state index in [-0.39, 0.29) is 5.84 Å². The van der Waals surface area contributed by atoms with Crippen LogP contribution in [0.5, 0.6) is 5.75 Å². The molecule has 3 N–H and O–H groups in total. The number of aromatic nitrogens is 1. The number of hydrogen-bond acceptors (Lipinski definition) is 3. The highest BCUT2D eigenvalue weighted by Crippen LogP contribution is 2.28. The Labute approximate surface area is 120 Å². The fourth-order valence-electron chi connectivity index (χ4n) is 1.46. The summed E-state index contributed by atoms with van der Waals surface area (Å²) in [6.07, 6.45) is 1.58. The lowest BCUT2D eigenvalue weighted by Gasteiger charge is -2.09. The zero-order valence-electron chi connectivity index (χ0n) is 9.86. The first-order chi connectivity index (χ1) is 9.06. The maximum absolute atomic E-state index is 7.33. The van der Waals surface area contributed by atoms with Gasteiger partial charge in [-0.1, -0.05) is 23.2 Å². The minimum Gasteiger partial charge on any atom is -0.487 e. The monoisotopic (exact) mass is 295 g/mol. The fraction of sp³-hybridized carbons (Fsp3) is 0.0769. The number of halogens is 2. The highest BCUT2D eigenvalue weighted by atomic mass is 35.5. The molecule has 0 radical (unpaired) electrons. The molecule has 0 fully saturated rings. The first kappa shape index (κ1) is 13.6. The summed E-state index contributed by atoms with van der Waals surface area (Å²) in [5.74, 6) is 0.429. The quantitative estimate of drug-likeness (QED) is 0.672. The van der Waals surface area contributed by atoms with Crippen molar-refractivity contribution in [2.24, 2.45) is 5.73 Å². The lowest BCUT2D eigenvalue weighted by atomic mass is 10.2. The second-order valence-electron chi connectivity index (χ2n) is 3.83. The minimum absolute atomic E-state index is 0.0809. The van der Waals surface area contributed by atoms with Crippen molar-refractivity contribution in [2.45, 2.75) is 6.61 Å². The van der Waals surface area contributed by atoms with E-state index in [1.807, 2.05) is 0 Å². The van der Waals surface area contributed by atoms with Crippen LogP contribution in [-0.4, -0.2) is 10.8 Å². The first-order valence-electron chi connectivity index (χ1n) is 5.43. The van der Waals surface area contributed by atoms with E-state index >= 15 is 0 Å². The average Bonchev–Trinajstić information content (AvgIpc) is 2.40. The summed E-state index contributed by atoms with van der Waals surface area (Å²) in [5.41, 5.74) is 6.63. The van der Waals surface area contributed by atoms with Crippen molar-refractivity contribution in [3.8, 4) is 5.75 Å². The van der Waals surface area contributed by atoms with Gasteiger partial charge in [0.05, 0.1) is 5.02 Å². The highest BCUT2D eigenvalue weighted by molar-refractivity contribution is 6.34. The van der Waals surface area contributed by atoms with E-state index in [0.717, 1.165) is 5.56 Å². The van der Waals surface area contributed by atoms with Crippen LogP contribution >= 0.6 is 23.2 Å². The number of rotatable bonds is 4. The van der Waals surface area contributed by atoms with Crippen LogP contribution < -0.4 is 10.5 Å². The summed E-state index contributed by atoms with van der Waals surface area (Å²) >= 11 is 11.9. The van der Waals surface area contributed by atoms with Crippen molar-refractivity contribution in [3.05, 3.63) is 57.8 Å². The van der Waals surface area contributed by atoms with Gasteiger partial charge in [0.25, 0.3) is 0 Å². The molecule has 6 heteroatoms. The van der Waals surface area contributed by atoms with Gasteiger partial charge in [0, 0.05) is 17.3 Å². The van der Waals surface area contributed by atoms with Gasteiger partial charge < -0.3 is 10.5 Å². The Bertz CT molecular complexity index is 617. The Morgan fingerprint density at radius 1 is 1.26 bits per heavy atom. The van der Waals surface area contributed by atoms with Gasteiger partial charge in [-0.05, 0) is 29.8 Å². The molecule has 0 atom stereocenters. The van der Waals surface area contributed by atoms with E-state index in [1.54, 1.807) is 36.5 Å². The van der Waals surface area contributed by atoms with Crippen molar-refractivity contribution < 1.29 is 4.74 Å². The molecule has 98 valence electrons. The molecule has 0 bridgehead atoms. The smallest absolute Gasteiger partial charge is 0.141 e. The third-order valence-electron chi connectivity index (χ3n) is 2.39. The molecular formula is C13H11Cl2N3O. The Hall–Kier alpha value is -1.78. The normalized spacial score (nSPS) is 10.2. The lowest BCUT2D eigenvalue weighted by Crippen LogP contribution is -2.13. The van der Waals surface area contributed by atoms with E-state index in [4.69, 9.17) is 39.1 Å². The number of nitrogens with two attached hydrogens (primary N) is 1. The second-order valence-corrected chi connectivity index (χ2v) is 4.67. The van der Waals surface area contributed by atoms with Crippen LogP contribution in [0.15, 0.2) is 36.5 Å². The van der Waals surface area contributed by atoms with Gasteiger partial charge in [-0.2, -0.15) is 0 Å². The molecule has 0 aliphatic heterocycles. The van der Waals surface area contributed by atoms with E-state index in [2.05, 4.69) is 4.98 Å². The van der Waals surface area contributed by atoms with Crippen LogP contribution in [0.2, 0.25) is 10.0 Å². The van der Waals surface area contributed by atoms with Crippen LogP contribution in [-0.2, 0) is 6.61 Å². The third kappa shape index (κ3) is 3.59. The van der Waals surface area contributed by atoms with Gasteiger partial charge in [-0.15, -0.1) is 0 Å². The number of benzene rings is 1. The number of nitrogens with one attached hydrogen (secondary N) is 1. The predicted molar refractivity (Wildman–Crippen MR) is 76.0 cm³/mol. The summed E-state index contributed by atoms with van der Waals surface area (Å²) in [4.78, 5) is 3.97. The van der Waals surface area contributed by atoms with Gasteiger partial charge in [-0.25, -0.2) is 0 Å². The summed E-state index contributed by atoms with van der Waals surface area (Å²) in [6.45, 7) is 0.295. The Morgan fingerprint density at radius 3 is 2.79 bits per heavy atom. The van der Waals surface area contributed by atoms with Crippen molar-refractivity contribution in [1.29, 1.82) is 5.41 Å². The number of pyridine rings is 1. The third-order valence-corrected chi connectivity index (χ3v) is 2.94. The lowest BCUT2D eigenvalue weighted by molar-refractivity contribution is 0.306. The van der Waals surface area contributed by atoms with Crippen molar-refractivity contribution in [3.63, 3.8) is 0 Å². The number of hydrogen-bond donors (Lipinski definition) is 2.